The summed E-state index contributed by atoms with van der Waals surface area (Å²) < 4.78 is 0. The zero-order valence-electron chi connectivity index (χ0n) is 24.5. The molecule has 4 aliphatic carbocycles. The minimum Gasteiger partial charge on any atom is -0.508 e. The number of Topliss-reactive ketones (excluding diaryl/α,β-unsaturated/α-hetero) is 2. The molecule has 2 saturated carbocycles. The van der Waals surface area contributed by atoms with Gasteiger partial charge in [-0.2, -0.15) is 0 Å². The molecule has 11 heteroatoms. The number of aliphatic hydroxyl groups excluding tert-OH is 2. The first-order valence-corrected chi connectivity index (χ1v) is 14.7. The number of amides is 1. The van der Waals surface area contributed by atoms with Crippen LogP contribution in [0.2, 0.25) is 0 Å². The van der Waals surface area contributed by atoms with Crippen LogP contribution >= 0.6 is 0 Å². The van der Waals surface area contributed by atoms with Gasteiger partial charge in [0.05, 0.1) is 11.6 Å². The number of aromatic hydroxyl groups is 1. The van der Waals surface area contributed by atoms with Gasteiger partial charge in [0.15, 0.2) is 11.4 Å². The SMILES string of the molecule is CN(C)c1c2c(c(O)c3cc(CNC4(C)CCCC4)ccc13)C(O)=C1C(=O)[C@]3(O)C(O)=C(C(N)=O)C(=O)[C@@H](N)[C@@H]3C[C@@H]1C2. The molecule has 228 valence electrons. The minimum absolute atomic E-state index is 0.0425. The van der Waals surface area contributed by atoms with Crippen LogP contribution in [0.1, 0.15) is 55.7 Å². The van der Waals surface area contributed by atoms with Gasteiger partial charge in [-0.3, -0.25) is 14.4 Å². The maximum atomic E-state index is 14.0. The van der Waals surface area contributed by atoms with Gasteiger partial charge in [-0.25, -0.2) is 0 Å². The Morgan fingerprint density at radius 3 is 2.42 bits per heavy atom. The van der Waals surface area contributed by atoms with Crippen molar-refractivity contribution in [1.29, 1.82) is 0 Å². The molecule has 4 atom stereocenters. The highest BCUT2D eigenvalue weighted by molar-refractivity contribution is 6.24. The van der Waals surface area contributed by atoms with Gasteiger partial charge in [-0.1, -0.05) is 25.0 Å². The molecule has 0 radical (unpaired) electrons. The van der Waals surface area contributed by atoms with Crippen LogP contribution in [0.3, 0.4) is 0 Å². The lowest BCUT2D eigenvalue weighted by molar-refractivity contribution is -0.149. The maximum Gasteiger partial charge on any atom is 0.255 e. The van der Waals surface area contributed by atoms with E-state index in [0.29, 0.717) is 17.5 Å². The second-order valence-corrected chi connectivity index (χ2v) is 13.0. The average molecular weight is 591 g/mol. The fraction of sp³-hybridized carbons (Fsp3) is 0.469. The Morgan fingerprint density at radius 2 is 1.79 bits per heavy atom. The predicted octanol–water partition coefficient (Wildman–Crippen LogP) is 2.00. The van der Waals surface area contributed by atoms with Gasteiger partial charge in [0.25, 0.3) is 5.91 Å². The van der Waals surface area contributed by atoms with Gasteiger partial charge in [0, 0.05) is 54.1 Å². The summed E-state index contributed by atoms with van der Waals surface area (Å²) in [7, 11) is 3.71. The van der Waals surface area contributed by atoms with E-state index in [1.807, 2.05) is 37.2 Å². The second-order valence-electron chi connectivity index (χ2n) is 13.0. The molecule has 6 rings (SSSR count). The molecule has 0 aromatic heterocycles. The quantitative estimate of drug-likeness (QED) is 0.253. The second kappa shape index (κ2) is 9.80. The molecule has 0 spiro atoms. The Morgan fingerprint density at radius 1 is 1.12 bits per heavy atom. The number of ketones is 2. The van der Waals surface area contributed by atoms with Crippen molar-refractivity contribution < 1.29 is 34.8 Å². The topological polar surface area (TPSA) is 199 Å². The summed E-state index contributed by atoms with van der Waals surface area (Å²) >= 11 is 0. The number of hydrogen-bond donors (Lipinski definition) is 7. The molecule has 43 heavy (non-hydrogen) atoms. The number of nitrogens with zero attached hydrogens (tertiary/aromatic N) is 1. The number of nitrogens with one attached hydrogen (secondary N) is 1. The molecule has 9 N–H and O–H groups in total. The Labute approximate surface area is 248 Å². The number of nitrogens with two attached hydrogens (primary N) is 2. The van der Waals surface area contributed by atoms with Crippen molar-refractivity contribution in [2.75, 3.05) is 19.0 Å². The Kier molecular flexibility index (Phi) is 6.64. The molecule has 0 heterocycles. The summed E-state index contributed by atoms with van der Waals surface area (Å²) in [6, 6.07) is 4.36. The maximum absolute atomic E-state index is 14.0. The standard InChI is InChI=1S/C32H38N4O7/c1-31(8-4-5-9-31)35-13-14-6-7-16-17(10-14)25(37)21-18(24(16)36(2)3)11-15-12-19-23(33)27(39)22(30(34)42)29(41)32(19,43)28(40)20(15)26(21)38/h6-7,10,15,19,23,35,37-38,41,43H,4-5,8-9,11-13,33H2,1-3H3,(H2,34,42)/t15-,19-,23-,32-/m0/s1. The van der Waals surface area contributed by atoms with Crippen LogP contribution in [0.4, 0.5) is 5.69 Å². The molecule has 0 bridgehead atoms. The number of phenols is 1. The molecule has 0 unspecified atom stereocenters. The molecule has 11 nitrogen and oxygen atoms in total. The third kappa shape index (κ3) is 4.09. The lowest BCUT2D eigenvalue weighted by atomic mass is 9.57. The largest absolute Gasteiger partial charge is 0.508 e. The van der Waals surface area contributed by atoms with E-state index in [1.54, 1.807) is 0 Å². The molecule has 0 aliphatic heterocycles. The van der Waals surface area contributed by atoms with Crippen LogP contribution < -0.4 is 21.7 Å². The van der Waals surface area contributed by atoms with E-state index in [1.165, 1.54) is 12.8 Å². The number of phenolic OH excluding ortho intramolecular Hbond substituents is 1. The monoisotopic (exact) mass is 590 g/mol. The zero-order chi connectivity index (χ0) is 31.2. The molecule has 2 aromatic carbocycles. The van der Waals surface area contributed by atoms with Gasteiger partial charge < -0.3 is 42.1 Å². The first-order valence-electron chi connectivity index (χ1n) is 14.7. The van der Waals surface area contributed by atoms with E-state index in [2.05, 4.69) is 12.2 Å². The zero-order valence-corrected chi connectivity index (χ0v) is 24.5. The smallest absolute Gasteiger partial charge is 0.255 e. The van der Waals surface area contributed by atoms with E-state index in [0.717, 1.165) is 29.5 Å². The molecule has 2 fully saturated rings. The highest BCUT2D eigenvalue weighted by atomic mass is 16.3. The van der Waals surface area contributed by atoms with Crippen LogP contribution in [-0.4, -0.2) is 69.2 Å². The molecular formula is C32H38N4O7. The van der Waals surface area contributed by atoms with Crippen LogP contribution in [-0.2, 0) is 27.3 Å². The number of primary amides is 1. The van der Waals surface area contributed by atoms with Crippen molar-refractivity contribution in [3.05, 3.63) is 51.8 Å². The fourth-order valence-corrected chi connectivity index (χ4v) is 7.88. The van der Waals surface area contributed by atoms with Crippen molar-refractivity contribution in [2.24, 2.45) is 23.3 Å². The summed E-state index contributed by atoms with van der Waals surface area (Å²) in [6.07, 6.45) is 4.71. The molecule has 0 saturated heterocycles. The predicted molar refractivity (Wildman–Crippen MR) is 160 cm³/mol. The van der Waals surface area contributed by atoms with Gasteiger partial charge in [-0.15, -0.1) is 0 Å². The molecular weight excluding hydrogens is 552 g/mol. The average Bonchev–Trinajstić information content (AvgIpc) is 3.38. The van der Waals surface area contributed by atoms with Gasteiger partial charge >= 0.3 is 0 Å². The summed E-state index contributed by atoms with van der Waals surface area (Å²) in [5.74, 6) is -7.18. The number of benzene rings is 2. The van der Waals surface area contributed by atoms with Crippen molar-refractivity contribution in [1.82, 2.24) is 5.32 Å². The Bertz CT molecular complexity index is 1670. The van der Waals surface area contributed by atoms with E-state index in [4.69, 9.17) is 11.5 Å². The van der Waals surface area contributed by atoms with Crippen LogP contribution in [0, 0.1) is 11.8 Å². The lowest BCUT2D eigenvalue weighted by Crippen LogP contribution is -2.65. The van der Waals surface area contributed by atoms with E-state index in [9.17, 15) is 34.8 Å². The fourth-order valence-electron chi connectivity index (χ4n) is 7.88. The van der Waals surface area contributed by atoms with Crippen molar-refractivity contribution in [3.63, 3.8) is 0 Å². The van der Waals surface area contributed by atoms with Gasteiger partial charge in [0.1, 0.15) is 22.8 Å². The van der Waals surface area contributed by atoms with Crippen LogP contribution in [0.15, 0.2) is 35.1 Å². The number of hydrogen-bond acceptors (Lipinski definition) is 10. The van der Waals surface area contributed by atoms with E-state index in [-0.39, 0.29) is 35.3 Å². The third-order valence-electron chi connectivity index (χ3n) is 10.1. The molecule has 1 amide bonds. The number of carbonyl (C=O) groups excluding carboxylic acids is 3. The number of fused-ring (bicyclic) bond motifs is 4. The van der Waals surface area contributed by atoms with E-state index >= 15 is 0 Å². The van der Waals surface area contributed by atoms with Crippen molar-refractivity contribution >= 4 is 39.7 Å². The Hall–Kier alpha value is -3.93. The van der Waals surface area contributed by atoms with Crippen molar-refractivity contribution in [3.8, 4) is 5.75 Å². The molecule has 2 aromatic rings. The number of aliphatic hydroxyl groups is 3. The third-order valence-corrected chi connectivity index (χ3v) is 10.1. The number of anilines is 1. The molecule has 4 aliphatic rings. The summed E-state index contributed by atoms with van der Waals surface area (Å²) in [4.78, 5) is 40.7. The van der Waals surface area contributed by atoms with Crippen molar-refractivity contribution in [2.45, 2.75) is 69.2 Å². The normalized spacial score (nSPS) is 28.2. The highest BCUT2D eigenvalue weighted by Crippen LogP contribution is 2.54. The minimum atomic E-state index is -2.74. The summed E-state index contributed by atoms with van der Waals surface area (Å²) in [6.45, 7) is 2.81. The van der Waals surface area contributed by atoms with Crippen LogP contribution in [0.5, 0.6) is 5.75 Å². The highest BCUT2D eigenvalue weighted by Gasteiger charge is 2.63. The first kappa shape index (κ1) is 29.2. The Balaban J connectivity index is 1.51. The van der Waals surface area contributed by atoms with E-state index < -0.39 is 58.0 Å². The van der Waals surface area contributed by atoms with Gasteiger partial charge in [-0.05, 0) is 55.7 Å². The lowest BCUT2D eigenvalue weighted by Gasteiger charge is -2.48. The number of carbonyl (C=O) groups is 3. The first-order chi connectivity index (χ1) is 20.2. The number of rotatable bonds is 5. The van der Waals surface area contributed by atoms with Gasteiger partial charge in [0.2, 0.25) is 5.78 Å². The summed E-state index contributed by atoms with van der Waals surface area (Å²) in [5.41, 5.74) is 10.0. The van der Waals surface area contributed by atoms with Crippen LogP contribution in [0.25, 0.3) is 16.5 Å². The summed E-state index contributed by atoms with van der Waals surface area (Å²) in [5, 5.41) is 50.7.